The molecule has 0 heterocycles. The summed E-state index contributed by atoms with van der Waals surface area (Å²) in [6, 6.07) is 0. The van der Waals surface area contributed by atoms with Crippen LogP contribution in [0.25, 0.3) is 0 Å². The highest BCUT2D eigenvalue weighted by Gasteiger charge is 2.19. The Labute approximate surface area is 327 Å². The van der Waals surface area contributed by atoms with Crippen molar-refractivity contribution < 1.29 is 28.6 Å². The van der Waals surface area contributed by atoms with Crippen molar-refractivity contribution in [3.8, 4) is 0 Å². The van der Waals surface area contributed by atoms with E-state index in [4.69, 9.17) is 14.2 Å². The maximum atomic E-state index is 12.7. The molecule has 0 saturated carbocycles. The molecule has 0 aliphatic carbocycles. The molecule has 6 nitrogen and oxygen atoms in total. The zero-order valence-corrected chi connectivity index (χ0v) is 34.8. The first-order chi connectivity index (χ1) is 26.0. The van der Waals surface area contributed by atoms with Gasteiger partial charge in [-0.15, -0.1) is 0 Å². The Hall–Kier alpha value is -2.63. The molecule has 0 unspecified atom stereocenters. The second-order valence-electron chi connectivity index (χ2n) is 14.6. The van der Waals surface area contributed by atoms with Gasteiger partial charge in [0.05, 0.1) is 0 Å². The van der Waals surface area contributed by atoms with Gasteiger partial charge in [-0.1, -0.05) is 166 Å². The second-order valence-corrected chi connectivity index (χ2v) is 14.6. The molecule has 0 spiro atoms. The van der Waals surface area contributed by atoms with Crippen molar-refractivity contribution in [1.29, 1.82) is 0 Å². The van der Waals surface area contributed by atoms with E-state index in [1.54, 1.807) is 0 Å². The van der Waals surface area contributed by atoms with Crippen molar-refractivity contribution >= 4 is 17.9 Å². The summed E-state index contributed by atoms with van der Waals surface area (Å²) in [6.45, 7) is 6.49. The second kappa shape index (κ2) is 42.1. The van der Waals surface area contributed by atoms with Gasteiger partial charge in [-0.05, 0) is 77.0 Å². The van der Waals surface area contributed by atoms with E-state index in [0.717, 1.165) is 83.5 Å². The van der Waals surface area contributed by atoms with Crippen molar-refractivity contribution in [2.75, 3.05) is 13.2 Å². The van der Waals surface area contributed by atoms with Crippen molar-refractivity contribution in [3.05, 3.63) is 48.6 Å². The highest BCUT2D eigenvalue weighted by Crippen LogP contribution is 2.13. The van der Waals surface area contributed by atoms with Gasteiger partial charge in [0.15, 0.2) is 6.10 Å². The molecule has 0 aromatic carbocycles. The number of rotatable bonds is 39. The van der Waals surface area contributed by atoms with Crippen LogP contribution < -0.4 is 0 Å². The van der Waals surface area contributed by atoms with Crippen molar-refractivity contribution in [3.63, 3.8) is 0 Å². The number of hydrogen-bond donors (Lipinski definition) is 0. The van der Waals surface area contributed by atoms with E-state index < -0.39 is 6.10 Å². The molecule has 0 fully saturated rings. The van der Waals surface area contributed by atoms with Gasteiger partial charge in [0.1, 0.15) is 13.2 Å². The van der Waals surface area contributed by atoms with Crippen LogP contribution in [0.15, 0.2) is 48.6 Å². The normalized spacial score (nSPS) is 12.4. The molecule has 0 bridgehead atoms. The average Bonchev–Trinajstić information content (AvgIpc) is 3.15. The smallest absolute Gasteiger partial charge is 0.306 e. The van der Waals surface area contributed by atoms with Crippen LogP contribution in [0.4, 0.5) is 0 Å². The summed E-state index contributed by atoms with van der Waals surface area (Å²) in [6.07, 6.45) is 48.1. The Morgan fingerprint density at radius 2 is 0.698 bits per heavy atom. The van der Waals surface area contributed by atoms with Crippen LogP contribution in [0.5, 0.6) is 0 Å². The first-order valence-corrected chi connectivity index (χ1v) is 22.1. The molecule has 53 heavy (non-hydrogen) atoms. The summed E-state index contributed by atoms with van der Waals surface area (Å²) in [7, 11) is 0. The number of esters is 3. The number of hydrogen-bond acceptors (Lipinski definition) is 6. The molecule has 0 radical (unpaired) electrons. The van der Waals surface area contributed by atoms with Gasteiger partial charge in [0, 0.05) is 19.3 Å². The quantitative estimate of drug-likeness (QED) is 0.0270. The molecule has 0 rings (SSSR count). The molecule has 306 valence electrons. The Bertz CT molecular complexity index is 949. The maximum Gasteiger partial charge on any atom is 0.306 e. The largest absolute Gasteiger partial charge is 0.462 e. The Balaban J connectivity index is 4.43. The number of ether oxygens (including phenoxy) is 3. The third-order valence-corrected chi connectivity index (χ3v) is 9.31. The zero-order chi connectivity index (χ0) is 38.7. The molecule has 0 aromatic rings. The molecule has 0 aliphatic heterocycles. The van der Waals surface area contributed by atoms with Gasteiger partial charge in [-0.25, -0.2) is 0 Å². The van der Waals surface area contributed by atoms with Gasteiger partial charge < -0.3 is 14.2 Å². The van der Waals surface area contributed by atoms with E-state index in [9.17, 15) is 14.4 Å². The summed E-state index contributed by atoms with van der Waals surface area (Å²) in [5, 5.41) is 0. The minimum Gasteiger partial charge on any atom is -0.462 e. The highest BCUT2D eigenvalue weighted by atomic mass is 16.6. The van der Waals surface area contributed by atoms with Crippen molar-refractivity contribution in [2.24, 2.45) is 0 Å². The van der Waals surface area contributed by atoms with E-state index in [0.29, 0.717) is 19.3 Å². The predicted molar refractivity (Wildman–Crippen MR) is 224 cm³/mol. The minimum atomic E-state index is -0.787. The number of allylic oxidation sites excluding steroid dienone is 8. The lowest BCUT2D eigenvalue weighted by Crippen LogP contribution is -2.30. The lowest BCUT2D eigenvalue weighted by Gasteiger charge is -2.18. The lowest BCUT2D eigenvalue weighted by atomic mass is 10.1. The summed E-state index contributed by atoms with van der Waals surface area (Å²) < 4.78 is 16.6. The minimum absolute atomic E-state index is 0.0878. The van der Waals surface area contributed by atoms with E-state index >= 15 is 0 Å². The molecular formula is C47H82O6. The SMILES string of the molecule is CCCC/C=C\CCCCCCCC(=O)O[C@@H](COC(=O)CCCC/C=C\C/C=C\C/C=C\CCCCC)COC(=O)CCCCCCCCCCC. The van der Waals surface area contributed by atoms with Crippen molar-refractivity contribution in [2.45, 2.75) is 219 Å². The van der Waals surface area contributed by atoms with Crippen LogP contribution in [0, 0.1) is 0 Å². The number of carbonyl (C=O) groups is 3. The first kappa shape index (κ1) is 50.4. The Morgan fingerprint density at radius 3 is 1.21 bits per heavy atom. The fraction of sp³-hybridized carbons (Fsp3) is 0.766. The Kier molecular flexibility index (Phi) is 40.0. The standard InChI is InChI=1S/C47H82O6/c1-4-7-10-13-16-19-21-22-23-24-26-28-31-34-37-40-46(49)52-43-44(42-51-45(48)39-36-33-30-27-18-15-12-9-6-3)53-47(50)41-38-35-32-29-25-20-17-14-11-8-5-2/h14,16-17,19,22-23,26,28,44H,4-13,15,18,20-21,24-25,27,29-43H2,1-3H3/b17-14-,19-16-,23-22-,28-26-/t44-/m1/s1. The molecule has 0 saturated heterocycles. The lowest BCUT2D eigenvalue weighted by molar-refractivity contribution is -0.167. The Morgan fingerprint density at radius 1 is 0.377 bits per heavy atom. The third-order valence-electron chi connectivity index (χ3n) is 9.31. The highest BCUT2D eigenvalue weighted by molar-refractivity contribution is 5.71. The van der Waals surface area contributed by atoms with Crippen molar-refractivity contribution in [1.82, 2.24) is 0 Å². The van der Waals surface area contributed by atoms with Crippen LogP contribution in [0.1, 0.15) is 213 Å². The summed E-state index contributed by atoms with van der Waals surface area (Å²) in [5.74, 6) is -0.943. The van der Waals surface area contributed by atoms with E-state index in [1.165, 1.54) is 89.9 Å². The topological polar surface area (TPSA) is 78.9 Å². The van der Waals surface area contributed by atoms with Crippen LogP contribution in [0.2, 0.25) is 0 Å². The van der Waals surface area contributed by atoms with Gasteiger partial charge in [0.2, 0.25) is 0 Å². The van der Waals surface area contributed by atoms with Gasteiger partial charge in [-0.2, -0.15) is 0 Å². The van der Waals surface area contributed by atoms with Gasteiger partial charge in [-0.3, -0.25) is 14.4 Å². The van der Waals surface area contributed by atoms with E-state index in [2.05, 4.69) is 69.4 Å². The predicted octanol–water partition coefficient (Wildman–Crippen LogP) is 14.0. The molecular weight excluding hydrogens is 661 g/mol. The number of carbonyl (C=O) groups excluding carboxylic acids is 3. The van der Waals surface area contributed by atoms with Crippen LogP contribution in [-0.4, -0.2) is 37.2 Å². The molecule has 0 amide bonds. The van der Waals surface area contributed by atoms with Gasteiger partial charge >= 0.3 is 17.9 Å². The third kappa shape index (κ3) is 40.4. The molecule has 0 aliphatic rings. The zero-order valence-electron chi connectivity index (χ0n) is 34.8. The molecule has 1 atom stereocenters. The summed E-state index contributed by atoms with van der Waals surface area (Å²) >= 11 is 0. The fourth-order valence-electron chi connectivity index (χ4n) is 5.90. The van der Waals surface area contributed by atoms with Crippen LogP contribution >= 0.6 is 0 Å². The van der Waals surface area contributed by atoms with Gasteiger partial charge in [0.25, 0.3) is 0 Å². The molecule has 0 N–H and O–H groups in total. The number of unbranched alkanes of at least 4 members (excludes halogenated alkanes) is 20. The monoisotopic (exact) mass is 743 g/mol. The van der Waals surface area contributed by atoms with Crippen LogP contribution in [0.3, 0.4) is 0 Å². The fourth-order valence-corrected chi connectivity index (χ4v) is 5.90. The van der Waals surface area contributed by atoms with E-state index in [1.807, 2.05) is 0 Å². The summed E-state index contributed by atoms with van der Waals surface area (Å²) in [4.78, 5) is 37.6. The van der Waals surface area contributed by atoms with E-state index in [-0.39, 0.29) is 31.1 Å². The summed E-state index contributed by atoms with van der Waals surface area (Å²) in [5.41, 5.74) is 0. The average molecular weight is 743 g/mol. The maximum absolute atomic E-state index is 12.7. The first-order valence-electron chi connectivity index (χ1n) is 22.1. The van der Waals surface area contributed by atoms with Crippen LogP contribution in [-0.2, 0) is 28.6 Å². The molecule has 6 heteroatoms. The molecule has 0 aromatic heterocycles.